The summed E-state index contributed by atoms with van der Waals surface area (Å²) in [7, 11) is 0. The molecule has 0 aromatic rings. The third-order valence-electron chi connectivity index (χ3n) is 4.47. The van der Waals surface area contributed by atoms with E-state index >= 15 is 0 Å². The largest absolute Gasteiger partial charge is 0.384 e. The Kier molecular flexibility index (Phi) is 10.9. The third-order valence-corrected chi connectivity index (χ3v) is 4.47. The Morgan fingerprint density at radius 3 is 2.48 bits per heavy atom. The van der Waals surface area contributed by atoms with Crippen LogP contribution in [-0.4, -0.2) is 36.8 Å². The number of aliphatic imine (C=N–C) groups is 1. The van der Waals surface area contributed by atoms with Crippen molar-refractivity contribution in [2.24, 2.45) is 4.99 Å². The lowest BCUT2D eigenvalue weighted by atomic mass is 10.1. The predicted octanol–water partition coefficient (Wildman–Crippen LogP) is 5.24. The van der Waals surface area contributed by atoms with Crippen LogP contribution in [0.3, 0.4) is 0 Å². The van der Waals surface area contributed by atoms with Crippen LogP contribution in [0.15, 0.2) is 52.8 Å². The van der Waals surface area contributed by atoms with E-state index in [1.165, 1.54) is 43.6 Å². The molecule has 1 fully saturated rings. The monoisotopic (exact) mass is 343 g/mol. The minimum Gasteiger partial charge on any atom is -0.384 e. The van der Waals surface area contributed by atoms with Gasteiger partial charge in [0.25, 0.3) is 0 Å². The van der Waals surface area contributed by atoms with Gasteiger partial charge in [0.1, 0.15) is 0 Å². The number of likely N-dealkylation sites (tertiary alicyclic amines) is 1. The van der Waals surface area contributed by atoms with Gasteiger partial charge in [-0.15, -0.1) is 0 Å². The van der Waals surface area contributed by atoms with Gasteiger partial charge < -0.3 is 5.32 Å². The minimum atomic E-state index is 0.894. The number of piperidine rings is 1. The second kappa shape index (κ2) is 12.7. The van der Waals surface area contributed by atoms with Gasteiger partial charge in [0.05, 0.1) is 11.4 Å². The molecular formula is C22H37N3. The van der Waals surface area contributed by atoms with Crippen LogP contribution in [0.25, 0.3) is 0 Å². The van der Waals surface area contributed by atoms with Crippen molar-refractivity contribution in [1.82, 2.24) is 10.2 Å². The zero-order valence-electron chi connectivity index (χ0n) is 16.8. The lowest BCUT2D eigenvalue weighted by molar-refractivity contribution is 0.245. The van der Waals surface area contributed by atoms with Crippen LogP contribution in [0.1, 0.15) is 59.8 Å². The minimum absolute atomic E-state index is 0.894. The quantitative estimate of drug-likeness (QED) is 0.434. The van der Waals surface area contributed by atoms with Crippen molar-refractivity contribution in [3.63, 3.8) is 0 Å². The van der Waals surface area contributed by atoms with E-state index in [4.69, 9.17) is 4.99 Å². The first kappa shape index (κ1) is 21.4. The van der Waals surface area contributed by atoms with Crippen LogP contribution in [0.5, 0.6) is 0 Å². The lowest BCUT2D eigenvalue weighted by Crippen LogP contribution is -2.31. The summed E-state index contributed by atoms with van der Waals surface area (Å²) >= 11 is 0. The van der Waals surface area contributed by atoms with Gasteiger partial charge in [-0.05, 0) is 58.2 Å². The predicted molar refractivity (Wildman–Crippen MR) is 112 cm³/mol. The van der Waals surface area contributed by atoms with Gasteiger partial charge in [0.2, 0.25) is 0 Å². The maximum atomic E-state index is 5.04. The first-order valence-corrected chi connectivity index (χ1v) is 9.84. The molecule has 0 unspecified atom stereocenters. The molecule has 0 saturated carbocycles. The molecule has 1 saturated heterocycles. The summed E-state index contributed by atoms with van der Waals surface area (Å²) in [6, 6.07) is 0. The zero-order chi connectivity index (χ0) is 18.5. The number of nitrogens with one attached hydrogen (secondary N) is 1. The van der Waals surface area contributed by atoms with E-state index in [0.717, 1.165) is 37.3 Å². The number of hydrogen-bond donors (Lipinski definition) is 1. The highest BCUT2D eigenvalue weighted by atomic mass is 15.1. The van der Waals surface area contributed by atoms with E-state index in [1.807, 2.05) is 13.0 Å². The standard InChI is InChI=1S/C22H37N3/c1-6-9-11-14-19(4)22(18-25-16-12-10-13-17-25)24-21(8-3)20(5)23-15-7-2/h6,9,11,14,23H,5,7-8,10,12-13,15-18H2,1-4H3/b9-6-,14-11-,22-19+,24-21?. The summed E-state index contributed by atoms with van der Waals surface area (Å²) in [4.78, 5) is 7.57. The van der Waals surface area contributed by atoms with E-state index in [9.17, 15) is 0 Å². The highest BCUT2D eigenvalue weighted by Gasteiger charge is 2.14. The molecule has 0 atom stereocenters. The fourth-order valence-corrected chi connectivity index (χ4v) is 2.89. The Morgan fingerprint density at radius 2 is 1.88 bits per heavy atom. The van der Waals surface area contributed by atoms with Crippen LogP contribution in [0.2, 0.25) is 0 Å². The molecule has 1 heterocycles. The molecule has 140 valence electrons. The van der Waals surface area contributed by atoms with E-state index in [2.05, 4.69) is 55.8 Å². The van der Waals surface area contributed by atoms with Crippen LogP contribution >= 0.6 is 0 Å². The van der Waals surface area contributed by atoms with Crippen LogP contribution in [0, 0.1) is 0 Å². The number of nitrogens with zero attached hydrogens (tertiary/aromatic N) is 2. The van der Waals surface area contributed by atoms with Gasteiger partial charge in [0.15, 0.2) is 0 Å². The molecule has 0 amide bonds. The Bertz CT molecular complexity index is 517. The smallest absolute Gasteiger partial charge is 0.0629 e. The molecule has 0 aromatic heterocycles. The summed E-state index contributed by atoms with van der Waals surface area (Å²) in [5.41, 5.74) is 4.43. The second-order valence-electron chi connectivity index (χ2n) is 6.67. The molecule has 0 radical (unpaired) electrons. The Balaban J connectivity index is 3.03. The SMILES string of the molecule is C=C(NCCC)C(CC)=N/C(CN1CCCCC1)=C(C)/C=C\C=C/C. The summed E-state index contributed by atoms with van der Waals surface area (Å²) in [6.07, 6.45) is 14.3. The molecule has 1 aliphatic heterocycles. The molecular weight excluding hydrogens is 306 g/mol. The van der Waals surface area contributed by atoms with Crippen molar-refractivity contribution < 1.29 is 0 Å². The van der Waals surface area contributed by atoms with Gasteiger partial charge in [-0.2, -0.15) is 0 Å². The van der Waals surface area contributed by atoms with Crippen molar-refractivity contribution in [2.45, 2.75) is 59.8 Å². The van der Waals surface area contributed by atoms with Gasteiger partial charge in [-0.1, -0.05) is 51.2 Å². The molecule has 1 N–H and O–H groups in total. The highest BCUT2D eigenvalue weighted by Crippen LogP contribution is 2.16. The molecule has 0 aromatic carbocycles. The van der Waals surface area contributed by atoms with E-state index in [-0.39, 0.29) is 0 Å². The van der Waals surface area contributed by atoms with Gasteiger partial charge in [0, 0.05) is 18.8 Å². The Hall–Kier alpha value is -1.61. The highest BCUT2D eigenvalue weighted by molar-refractivity contribution is 5.99. The number of rotatable bonds is 10. The first-order chi connectivity index (χ1) is 12.1. The van der Waals surface area contributed by atoms with E-state index in [0.29, 0.717) is 0 Å². The Labute approximate surface area is 155 Å². The van der Waals surface area contributed by atoms with Crippen molar-refractivity contribution in [3.8, 4) is 0 Å². The van der Waals surface area contributed by atoms with Crippen molar-refractivity contribution in [1.29, 1.82) is 0 Å². The van der Waals surface area contributed by atoms with Crippen molar-refractivity contribution in [3.05, 3.63) is 47.9 Å². The van der Waals surface area contributed by atoms with Gasteiger partial charge in [-0.3, -0.25) is 9.89 Å². The molecule has 25 heavy (non-hydrogen) atoms. The average molecular weight is 344 g/mol. The average Bonchev–Trinajstić information content (AvgIpc) is 2.64. The molecule has 1 rings (SSSR count). The molecule has 1 aliphatic rings. The van der Waals surface area contributed by atoms with E-state index in [1.54, 1.807) is 0 Å². The summed E-state index contributed by atoms with van der Waals surface area (Å²) < 4.78 is 0. The van der Waals surface area contributed by atoms with Crippen LogP contribution in [0.4, 0.5) is 0 Å². The molecule has 3 nitrogen and oxygen atoms in total. The van der Waals surface area contributed by atoms with Crippen molar-refractivity contribution >= 4 is 5.71 Å². The maximum Gasteiger partial charge on any atom is 0.0629 e. The summed E-state index contributed by atoms with van der Waals surface area (Å²) in [5, 5.41) is 3.39. The van der Waals surface area contributed by atoms with Crippen LogP contribution in [-0.2, 0) is 0 Å². The fraction of sp³-hybridized carbons (Fsp3) is 0.591. The van der Waals surface area contributed by atoms with Gasteiger partial charge >= 0.3 is 0 Å². The van der Waals surface area contributed by atoms with Crippen molar-refractivity contribution in [2.75, 3.05) is 26.2 Å². The van der Waals surface area contributed by atoms with Gasteiger partial charge in [-0.25, -0.2) is 0 Å². The van der Waals surface area contributed by atoms with Crippen LogP contribution < -0.4 is 5.32 Å². The number of allylic oxidation sites excluding steroid dienone is 6. The Morgan fingerprint density at radius 1 is 1.16 bits per heavy atom. The summed E-state index contributed by atoms with van der Waals surface area (Å²) in [6.45, 7) is 17.0. The third kappa shape index (κ3) is 8.35. The first-order valence-electron chi connectivity index (χ1n) is 9.84. The summed E-state index contributed by atoms with van der Waals surface area (Å²) in [5.74, 6) is 0. The normalized spacial score (nSPS) is 18.0. The maximum absolute atomic E-state index is 5.04. The van der Waals surface area contributed by atoms with E-state index < -0.39 is 0 Å². The zero-order valence-corrected chi connectivity index (χ0v) is 16.8. The fourth-order valence-electron chi connectivity index (χ4n) is 2.89. The topological polar surface area (TPSA) is 27.6 Å². The molecule has 0 bridgehead atoms. The lowest BCUT2D eigenvalue weighted by Gasteiger charge is -2.27. The molecule has 0 aliphatic carbocycles. The molecule has 3 heteroatoms. The number of hydrogen-bond acceptors (Lipinski definition) is 3. The molecule has 0 spiro atoms. The second-order valence-corrected chi connectivity index (χ2v) is 6.67.